The lowest BCUT2D eigenvalue weighted by molar-refractivity contribution is -0.161. The van der Waals surface area contributed by atoms with Gasteiger partial charge in [-0.3, -0.25) is 4.79 Å². The van der Waals surface area contributed by atoms with Crippen molar-refractivity contribution in [3.63, 3.8) is 0 Å². The van der Waals surface area contributed by atoms with Gasteiger partial charge in [0.2, 0.25) is 0 Å². The van der Waals surface area contributed by atoms with E-state index in [1.165, 1.54) is 13.2 Å². The molecule has 0 aromatic heterocycles. The van der Waals surface area contributed by atoms with Gasteiger partial charge in [0, 0.05) is 17.7 Å². The average molecular weight is 554 g/mol. The van der Waals surface area contributed by atoms with Crippen molar-refractivity contribution in [1.82, 2.24) is 5.32 Å². The van der Waals surface area contributed by atoms with E-state index < -0.39 is 59.0 Å². The number of benzene rings is 2. The summed E-state index contributed by atoms with van der Waals surface area (Å²) in [5.41, 5.74) is 1.54. The lowest BCUT2D eigenvalue weighted by Crippen LogP contribution is -2.56. The summed E-state index contributed by atoms with van der Waals surface area (Å²) in [5.74, 6) is -3.63. The van der Waals surface area contributed by atoms with Crippen LogP contribution >= 0.6 is 0 Å². The summed E-state index contributed by atoms with van der Waals surface area (Å²) >= 11 is 0. The predicted molar refractivity (Wildman–Crippen MR) is 145 cm³/mol. The molecule has 2 aromatic rings. The van der Waals surface area contributed by atoms with Crippen LogP contribution in [0.25, 0.3) is 0 Å². The molecule has 0 saturated carbocycles. The summed E-state index contributed by atoms with van der Waals surface area (Å²) in [6.07, 6.45) is -0.320. The number of carbonyl (C=O) groups is 5. The number of esters is 2. The van der Waals surface area contributed by atoms with Gasteiger partial charge in [-0.05, 0) is 45.7 Å². The van der Waals surface area contributed by atoms with Crippen molar-refractivity contribution < 1.29 is 38.6 Å². The number of carbonyl (C=O) groups excluding carboxylic acids is 4. The van der Waals surface area contributed by atoms with E-state index in [-0.39, 0.29) is 17.7 Å². The Balaban J connectivity index is 2.42. The van der Waals surface area contributed by atoms with Crippen LogP contribution in [0.5, 0.6) is 0 Å². The van der Waals surface area contributed by atoms with E-state index in [9.17, 15) is 29.1 Å². The number of hydrogen-bond acceptors (Lipinski definition) is 8. The van der Waals surface area contributed by atoms with E-state index in [0.29, 0.717) is 11.8 Å². The highest BCUT2D eigenvalue weighted by atomic mass is 16.6. The van der Waals surface area contributed by atoms with Crippen LogP contribution in [0, 0.1) is 5.92 Å². The quantitative estimate of drug-likeness (QED) is 0.312. The Kier molecular flexibility index (Phi) is 8.57. The number of primary amides is 1. The summed E-state index contributed by atoms with van der Waals surface area (Å²) in [7, 11) is 1.25. The second-order valence-corrected chi connectivity index (χ2v) is 10.9. The Labute approximate surface area is 232 Å². The SMILES string of the molecule is COC(=O)C1CC(C)(C(=O)OC(C)(C)C)N(c2ccccc2C(CC=O)(NC(N)=O)C(=O)O)C1c1ccccc1. The first-order valence-electron chi connectivity index (χ1n) is 12.7. The maximum Gasteiger partial charge on any atom is 0.334 e. The van der Waals surface area contributed by atoms with Gasteiger partial charge in [-0.25, -0.2) is 14.4 Å². The number of aldehydes is 1. The van der Waals surface area contributed by atoms with Crippen molar-refractivity contribution in [3.05, 3.63) is 65.7 Å². The number of rotatable bonds is 9. The van der Waals surface area contributed by atoms with Gasteiger partial charge < -0.3 is 35.3 Å². The number of carboxylic acids is 1. The first kappa shape index (κ1) is 30.1. The van der Waals surface area contributed by atoms with E-state index in [4.69, 9.17) is 15.2 Å². The molecule has 4 unspecified atom stereocenters. The van der Waals surface area contributed by atoms with E-state index in [0.717, 1.165) is 0 Å². The molecule has 0 aliphatic carbocycles. The Hall–Kier alpha value is -4.41. The number of nitrogens with one attached hydrogen (secondary N) is 1. The topological polar surface area (TPSA) is 165 Å². The molecule has 11 nitrogen and oxygen atoms in total. The van der Waals surface area contributed by atoms with Crippen LogP contribution in [-0.2, 0) is 34.2 Å². The third-order valence-corrected chi connectivity index (χ3v) is 7.01. The highest BCUT2D eigenvalue weighted by Crippen LogP contribution is 2.52. The number of nitrogens with zero attached hydrogens (tertiary/aromatic N) is 1. The van der Waals surface area contributed by atoms with Gasteiger partial charge in [-0.1, -0.05) is 48.5 Å². The summed E-state index contributed by atoms with van der Waals surface area (Å²) in [5, 5.41) is 12.6. The molecule has 1 heterocycles. The second kappa shape index (κ2) is 11.4. The van der Waals surface area contributed by atoms with Gasteiger partial charge in [0.25, 0.3) is 0 Å². The zero-order chi connectivity index (χ0) is 29.9. The molecule has 4 N–H and O–H groups in total. The monoisotopic (exact) mass is 553 g/mol. The van der Waals surface area contributed by atoms with Crippen LogP contribution in [-0.4, -0.2) is 53.6 Å². The Morgan fingerprint density at radius 2 is 1.70 bits per heavy atom. The fourth-order valence-corrected chi connectivity index (χ4v) is 5.37. The summed E-state index contributed by atoms with van der Waals surface area (Å²) < 4.78 is 11.0. The van der Waals surface area contributed by atoms with E-state index in [1.54, 1.807) is 81.1 Å². The van der Waals surface area contributed by atoms with Crippen LogP contribution in [0.2, 0.25) is 0 Å². The molecule has 1 aliphatic rings. The van der Waals surface area contributed by atoms with Gasteiger partial charge in [0.05, 0.1) is 19.1 Å². The first-order chi connectivity index (χ1) is 18.7. The molecule has 11 heteroatoms. The van der Waals surface area contributed by atoms with E-state index in [1.807, 2.05) is 0 Å². The van der Waals surface area contributed by atoms with Gasteiger partial charge in [0.15, 0.2) is 5.54 Å². The molecule has 2 aromatic carbocycles. The van der Waals surface area contributed by atoms with Crippen LogP contribution < -0.4 is 16.0 Å². The minimum absolute atomic E-state index is 0.00497. The third kappa shape index (κ3) is 5.63. The zero-order valence-corrected chi connectivity index (χ0v) is 23.2. The maximum absolute atomic E-state index is 13.9. The van der Waals surface area contributed by atoms with Crippen molar-refractivity contribution >= 4 is 35.9 Å². The summed E-state index contributed by atoms with van der Waals surface area (Å²) in [6.45, 7) is 6.75. The fraction of sp³-hybridized carbons (Fsp3) is 0.414. The van der Waals surface area contributed by atoms with Crippen molar-refractivity contribution in [2.75, 3.05) is 12.0 Å². The number of anilines is 1. The number of amides is 2. The molecule has 4 atom stereocenters. The molecule has 3 rings (SSSR count). The Bertz CT molecular complexity index is 1290. The van der Waals surface area contributed by atoms with Crippen molar-refractivity contribution in [2.24, 2.45) is 11.7 Å². The molecular formula is C29H35N3O8. The minimum atomic E-state index is -2.27. The molecule has 0 spiro atoms. The number of nitrogens with two attached hydrogens (primary N) is 1. The molecule has 1 saturated heterocycles. The summed E-state index contributed by atoms with van der Waals surface area (Å²) in [4.78, 5) is 65.3. The number of ether oxygens (including phenoxy) is 2. The lowest BCUT2D eigenvalue weighted by Gasteiger charge is -2.43. The lowest BCUT2D eigenvalue weighted by atomic mass is 9.84. The molecule has 40 heavy (non-hydrogen) atoms. The maximum atomic E-state index is 13.9. The van der Waals surface area contributed by atoms with Crippen molar-refractivity contribution in [2.45, 2.75) is 63.3 Å². The van der Waals surface area contributed by atoms with Crippen molar-refractivity contribution in [3.8, 4) is 0 Å². The Morgan fingerprint density at radius 1 is 1.10 bits per heavy atom. The van der Waals surface area contributed by atoms with E-state index in [2.05, 4.69) is 5.32 Å². The highest BCUT2D eigenvalue weighted by Gasteiger charge is 2.59. The Morgan fingerprint density at radius 3 is 2.23 bits per heavy atom. The number of urea groups is 1. The second-order valence-electron chi connectivity index (χ2n) is 10.9. The largest absolute Gasteiger partial charge is 0.479 e. The van der Waals surface area contributed by atoms with Gasteiger partial charge >= 0.3 is 23.9 Å². The fourth-order valence-electron chi connectivity index (χ4n) is 5.37. The van der Waals surface area contributed by atoms with Gasteiger partial charge in [0.1, 0.15) is 17.4 Å². The number of para-hydroxylation sites is 1. The summed E-state index contributed by atoms with van der Waals surface area (Å²) in [6, 6.07) is 13.1. The van der Waals surface area contributed by atoms with Crippen LogP contribution in [0.1, 0.15) is 57.7 Å². The molecule has 1 fully saturated rings. The minimum Gasteiger partial charge on any atom is -0.479 e. The third-order valence-electron chi connectivity index (χ3n) is 7.01. The molecule has 0 radical (unpaired) electrons. The van der Waals surface area contributed by atoms with Crippen LogP contribution in [0.3, 0.4) is 0 Å². The van der Waals surface area contributed by atoms with Gasteiger partial charge in [-0.2, -0.15) is 0 Å². The molecule has 1 aliphatic heterocycles. The molecule has 214 valence electrons. The average Bonchev–Trinajstić information content (AvgIpc) is 3.21. The standard InChI is InChI=1S/C29H35N3O8/c1-27(2,3)40-25(37)28(4)17-19(23(34)39-5)22(18-11-7-6-8-12-18)32(28)21-14-10-9-13-20(21)29(15-16-33,24(35)36)31-26(30)38/h6-14,16,19,22H,15,17H2,1-5H3,(H,35,36)(H3,30,31,38). The number of methoxy groups -OCH3 is 1. The van der Waals surface area contributed by atoms with E-state index >= 15 is 0 Å². The molecule has 0 bridgehead atoms. The highest BCUT2D eigenvalue weighted by molar-refractivity contribution is 5.94. The van der Waals surface area contributed by atoms with Gasteiger partial charge in [-0.15, -0.1) is 0 Å². The normalized spacial score (nSPS) is 22.1. The zero-order valence-electron chi connectivity index (χ0n) is 23.2. The smallest absolute Gasteiger partial charge is 0.334 e. The predicted octanol–water partition coefficient (Wildman–Crippen LogP) is 3.06. The van der Waals surface area contributed by atoms with Crippen LogP contribution in [0.15, 0.2) is 54.6 Å². The number of aliphatic carboxylic acids is 1. The number of hydrogen-bond donors (Lipinski definition) is 3. The van der Waals surface area contributed by atoms with Crippen LogP contribution in [0.4, 0.5) is 10.5 Å². The molecule has 2 amide bonds. The number of carboxylic acid groups (broad SMARTS) is 1. The molecular weight excluding hydrogens is 518 g/mol. The van der Waals surface area contributed by atoms with Crippen molar-refractivity contribution in [1.29, 1.82) is 0 Å². The first-order valence-corrected chi connectivity index (χ1v) is 12.7.